The van der Waals surface area contributed by atoms with Crippen molar-refractivity contribution in [2.24, 2.45) is 0 Å². The van der Waals surface area contributed by atoms with Crippen LogP contribution in [0.2, 0.25) is 0 Å². The Kier molecular flexibility index (Phi) is 6.36. The zero-order valence-corrected chi connectivity index (χ0v) is 17.1. The number of nitrogens with zero attached hydrogens (tertiary/aromatic N) is 2. The molecule has 1 heterocycles. The molecule has 1 fully saturated rings. The lowest BCUT2D eigenvalue weighted by Gasteiger charge is -2.26. The summed E-state index contributed by atoms with van der Waals surface area (Å²) >= 11 is 0. The summed E-state index contributed by atoms with van der Waals surface area (Å²) < 4.78 is 32.8. The summed E-state index contributed by atoms with van der Waals surface area (Å²) in [6.07, 6.45) is 2.87. The van der Waals surface area contributed by atoms with Gasteiger partial charge in [-0.1, -0.05) is 24.6 Å². The highest BCUT2D eigenvalue weighted by Crippen LogP contribution is 2.26. The summed E-state index contributed by atoms with van der Waals surface area (Å²) in [5.74, 6) is 0.322. The van der Waals surface area contributed by atoms with Crippen molar-refractivity contribution < 1.29 is 17.9 Å². The minimum absolute atomic E-state index is 0.121. The lowest BCUT2D eigenvalue weighted by Crippen LogP contribution is -2.35. The van der Waals surface area contributed by atoms with E-state index in [4.69, 9.17) is 4.74 Å². The molecule has 1 amide bonds. The van der Waals surface area contributed by atoms with Gasteiger partial charge in [-0.3, -0.25) is 4.79 Å². The second-order valence-corrected chi connectivity index (χ2v) is 8.91. The normalized spacial score (nSPS) is 15.2. The first-order chi connectivity index (χ1) is 13.4. The van der Waals surface area contributed by atoms with Crippen LogP contribution in [-0.4, -0.2) is 45.4 Å². The average Bonchev–Trinajstić information content (AvgIpc) is 2.73. The fraction of sp³-hybridized carbons (Fsp3) is 0.381. The Hall–Kier alpha value is -2.38. The lowest BCUT2D eigenvalue weighted by molar-refractivity contribution is -0.120. The Morgan fingerprint density at radius 1 is 1.07 bits per heavy atom. The highest BCUT2D eigenvalue weighted by Gasteiger charge is 2.26. The predicted octanol–water partition coefficient (Wildman–Crippen LogP) is 3.21. The Labute approximate surface area is 166 Å². The molecule has 1 aliphatic heterocycles. The third-order valence-electron chi connectivity index (χ3n) is 4.97. The maximum Gasteiger partial charge on any atom is 0.264 e. The number of carbonyl (C=O) groups is 1. The molecule has 0 saturated carbocycles. The molecule has 0 unspecified atom stereocenters. The SMILES string of the molecule is Cc1cc(S(=O)(=O)N2CCCCC2)ccc1OCC(=O)N(C)c1ccccc1. The van der Waals surface area contributed by atoms with Crippen LogP contribution in [0.15, 0.2) is 53.4 Å². The van der Waals surface area contributed by atoms with Gasteiger partial charge in [0.25, 0.3) is 5.91 Å². The molecular formula is C21H26N2O4S. The fourth-order valence-corrected chi connectivity index (χ4v) is 4.83. The highest BCUT2D eigenvalue weighted by molar-refractivity contribution is 7.89. The van der Waals surface area contributed by atoms with Crippen molar-refractivity contribution >= 4 is 21.6 Å². The van der Waals surface area contributed by atoms with E-state index in [1.807, 2.05) is 30.3 Å². The van der Waals surface area contributed by atoms with Crippen molar-refractivity contribution in [1.82, 2.24) is 4.31 Å². The standard InChI is InChI=1S/C21H26N2O4S/c1-17-15-19(28(25,26)23-13-7-4-8-14-23)11-12-20(17)27-16-21(24)22(2)18-9-5-3-6-10-18/h3,5-6,9-12,15H,4,7-8,13-14,16H2,1-2H3. The quantitative estimate of drug-likeness (QED) is 0.744. The maximum absolute atomic E-state index is 12.8. The second kappa shape index (κ2) is 8.75. The molecule has 0 spiro atoms. The molecule has 0 aliphatic carbocycles. The zero-order chi connectivity index (χ0) is 20.1. The van der Waals surface area contributed by atoms with Crippen LogP contribution in [0.1, 0.15) is 24.8 Å². The van der Waals surface area contributed by atoms with E-state index in [1.54, 1.807) is 36.5 Å². The topological polar surface area (TPSA) is 66.9 Å². The lowest BCUT2D eigenvalue weighted by atomic mass is 10.2. The predicted molar refractivity (Wildman–Crippen MR) is 109 cm³/mol. The van der Waals surface area contributed by atoms with Crippen LogP contribution in [0, 0.1) is 6.92 Å². The monoisotopic (exact) mass is 402 g/mol. The van der Waals surface area contributed by atoms with E-state index in [2.05, 4.69) is 0 Å². The molecule has 3 rings (SSSR count). The number of piperidine rings is 1. The van der Waals surface area contributed by atoms with Gasteiger partial charge < -0.3 is 9.64 Å². The molecular weight excluding hydrogens is 376 g/mol. The fourth-order valence-electron chi connectivity index (χ4n) is 3.23. The van der Waals surface area contributed by atoms with Gasteiger partial charge >= 0.3 is 0 Å². The van der Waals surface area contributed by atoms with Crippen LogP contribution < -0.4 is 9.64 Å². The molecule has 0 aromatic heterocycles. The number of rotatable bonds is 6. The van der Waals surface area contributed by atoms with E-state index in [1.165, 1.54) is 4.90 Å². The molecule has 2 aromatic rings. The van der Waals surface area contributed by atoms with Crippen LogP contribution in [0.5, 0.6) is 5.75 Å². The zero-order valence-electron chi connectivity index (χ0n) is 16.3. The van der Waals surface area contributed by atoms with Crippen molar-refractivity contribution in [3.05, 3.63) is 54.1 Å². The summed E-state index contributed by atoms with van der Waals surface area (Å²) in [7, 11) is -1.78. The van der Waals surface area contributed by atoms with Crippen molar-refractivity contribution in [3.8, 4) is 5.75 Å². The molecule has 0 radical (unpaired) electrons. The van der Waals surface area contributed by atoms with Crippen LogP contribution in [0.3, 0.4) is 0 Å². The molecule has 28 heavy (non-hydrogen) atoms. The number of aryl methyl sites for hydroxylation is 1. The van der Waals surface area contributed by atoms with Crippen LogP contribution >= 0.6 is 0 Å². The van der Waals surface area contributed by atoms with E-state index in [0.717, 1.165) is 24.9 Å². The van der Waals surface area contributed by atoms with Gasteiger partial charge in [0.05, 0.1) is 4.90 Å². The first-order valence-corrected chi connectivity index (χ1v) is 10.9. The van der Waals surface area contributed by atoms with Gasteiger partial charge in [-0.05, 0) is 55.7 Å². The summed E-state index contributed by atoms with van der Waals surface area (Å²) in [4.78, 5) is 14.2. The maximum atomic E-state index is 12.8. The van der Waals surface area contributed by atoms with E-state index < -0.39 is 10.0 Å². The minimum atomic E-state index is -3.48. The van der Waals surface area contributed by atoms with Gasteiger partial charge in [-0.25, -0.2) is 8.42 Å². The Morgan fingerprint density at radius 2 is 1.75 bits per heavy atom. The van der Waals surface area contributed by atoms with Crippen LogP contribution in [-0.2, 0) is 14.8 Å². The van der Waals surface area contributed by atoms with Gasteiger partial charge in [-0.15, -0.1) is 0 Å². The van der Waals surface area contributed by atoms with Crippen LogP contribution in [0.25, 0.3) is 0 Å². The van der Waals surface area contributed by atoms with E-state index in [9.17, 15) is 13.2 Å². The number of benzene rings is 2. The Bertz CT molecular complexity index is 923. The molecule has 2 aromatic carbocycles. The number of hydrogen-bond donors (Lipinski definition) is 0. The van der Waals surface area contributed by atoms with E-state index in [0.29, 0.717) is 24.4 Å². The molecule has 1 saturated heterocycles. The molecule has 0 atom stereocenters. The first-order valence-electron chi connectivity index (χ1n) is 9.45. The molecule has 7 heteroatoms. The third-order valence-corrected chi connectivity index (χ3v) is 6.86. The van der Waals surface area contributed by atoms with Gasteiger partial charge in [0, 0.05) is 25.8 Å². The van der Waals surface area contributed by atoms with Gasteiger partial charge in [0.2, 0.25) is 10.0 Å². The van der Waals surface area contributed by atoms with Crippen molar-refractivity contribution in [1.29, 1.82) is 0 Å². The first kappa shape index (κ1) is 20.4. The number of carbonyl (C=O) groups excluding carboxylic acids is 1. The van der Waals surface area contributed by atoms with Gasteiger partial charge in [0.15, 0.2) is 6.61 Å². The number of hydrogen-bond acceptors (Lipinski definition) is 4. The van der Waals surface area contributed by atoms with Crippen LogP contribution in [0.4, 0.5) is 5.69 Å². The van der Waals surface area contributed by atoms with Gasteiger partial charge in [0.1, 0.15) is 5.75 Å². The van der Waals surface area contributed by atoms with Crippen molar-refractivity contribution in [2.45, 2.75) is 31.1 Å². The molecule has 6 nitrogen and oxygen atoms in total. The number of para-hydroxylation sites is 1. The summed E-state index contributed by atoms with van der Waals surface area (Å²) in [5.41, 5.74) is 1.48. The van der Waals surface area contributed by atoms with E-state index >= 15 is 0 Å². The molecule has 0 bridgehead atoms. The number of sulfonamides is 1. The van der Waals surface area contributed by atoms with Crippen molar-refractivity contribution in [3.63, 3.8) is 0 Å². The Balaban J connectivity index is 1.66. The highest BCUT2D eigenvalue weighted by atomic mass is 32.2. The van der Waals surface area contributed by atoms with Gasteiger partial charge in [-0.2, -0.15) is 4.31 Å². The number of likely N-dealkylation sites (N-methyl/N-ethyl adjacent to an activating group) is 1. The van der Waals surface area contributed by atoms with Crippen molar-refractivity contribution in [2.75, 3.05) is 31.6 Å². The summed E-state index contributed by atoms with van der Waals surface area (Å²) in [6, 6.07) is 14.1. The largest absolute Gasteiger partial charge is 0.483 e. The third kappa shape index (κ3) is 4.54. The number of ether oxygens (including phenoxy) is 1. The molecule has 150 valence electrons. The molecule has 0 N–H and O–H groups in total. The smallest absolute Gasteiger partial charge is 0.264 e. The van der Waals surface area contributed by atoms with E-state index in [-0.39, 0.29) is 17.4 Å². The minimum Gasteiger partial charge on any atom is -0.483 e. The Morgan fingerprint density at radius 3 is 2.39 bits per heavy atom. The number of anilines is 1. The summed E-state index contributed by atoms with van der Waals surface area (Å²) in [6.45, 7) is 2.81. The summed E-state index contributed by atoms with van der Waals surface area (Å²) in [5, 5.41) is 0. The number of amides is 1. The average molecular weight is 403 g/mol. The molecule has 1 aliphatic rings. The second-order valence-electron chi connectivity index (χ2n) is 6.97.